The molecule has 0 radical (unpaired) electrons. The van der Waals surface area contributed by atoms with Crippen LogP contribution in [0.15, 0.2) is 42.5 Å². The van der Waals surface area contributed by atoms with E-state index in [1.54, 1.807) is 18.2 Å². The van der Waals surface area contributed by atoms with Gasteiger partial charge in [0.25, 0.3) is 5.91 Å². The van der Waals surface area contributed by atoms with Crippen molar-refractivity contribution >= 4 is 22.7 Å². The molecule has 3 aromatic rings. The van der Waals surface area contributed by atoms with E-state index >= 15 is 0 Å². The Hall–Kier alpha value is -3.08. The monoisotopic (exact) mass is 321 g/mol. The van der Waals surface area contributed by atoms with Crippen LogP contribution in [0.4, 0.5) is 0 Å². The summed E-state index contributed by atoms with van der Waals surface area (Å²) in [7, 11) is 0. The molecule has 4 N–H and O–H groups in total. The summed E-state index contributed by atoms with van der Waals surface area (Å²) in [5.41, 5.74) is 10.3. The summed E-state index contributed by atoms with van der Waals surface area (Å²) in [4.78, 5) is 26.7. The Kier molecular flexibility index (Phi) is 4.08. The second-order valence-corrected chi connectivity index (χ2v) is 5.97. The van der Waals surface area contributed by atoms with Gasteiger partial charge in [-0.15, -0.1) is 0 Å². The van der Waals surface area contributed by atoms with Crippen molar-refractivity contribution in [1.82, 2.24) is 10.3 Å². The number of rotatable bonds is 4. The number of hydrogen-bond donors (Lipinski definition) is 3. The van der Waals surface area contributed by atoms with Gasteiger partial charge in [0.05, 0.1) is 0 Å². The van der Waals surface area contributed by atoms with Crippen molar-refractivity contribution < 1.29 is 9.59 Å². The number of benzene rings is 2. The Morgan fingerprint density at radius 3 is 2.67 bits per heavy atom. The SMILES string of the molecule is Cc1cc(C)c2cc(C(=O)NCc3cccc(C(N)=O)c3)[nH]c2c1. The number of carbonyl (C=O) groups excluding carboxylic acids is 2. The van der Waals surface area contributed by atoms with Crippen LogP contribution in [0.3, 0.4) is 0 Å². The van der Waals surface area contributed by atoms with Crippen molar-refractivity contribution in [2.75, 3.05) is 0 Å². The number of carbonyl (C=O) groups is 2. The molecule has 2 amide bonds. The van der Waals surface area contributed by atoms with E-state index in [9.17, 15) is 9.59 Å². The molecule has 24 heavy (non-hydrogen) atoms. The highest BCUT2D eigenvalue weighted by Gasteiger charge is 2.11. The molecule has 0 aliphatic heterocycles. The largest absolute Gasteiger partial charge is 0.366 e. The van der Waals surface area contributed by atoms with Gasteiger partial charge in [0.1, 0.15) is 5.69 Å². The molecule has 0 spiro atoms. The number of fused-ring (bicyclic) bond motifs is 1. The lowest BCUT2D eigenvalue weighted by Crippen LogP contribution is -2.23. The summed E-state index contributed by atoms with van der Waals surface area (Å²) in [6.07, 6.45) is 0. The van der Waals surface area contributed by atoms with Gasteiger partial charge in [-0.25, -0.2) is 0 Å². The summed E-state index contributed by atoms with van der Waals surface area (Å²) in [6, 6.07) is 12.9. The molecule has 0 unspecified atom stereocenters. The van der Waals surface area contributed by atoms with Crippen molar-refractivity contribution in [2.24, 2.45) is 5.73 Å². The van der Waals surface area contributed by atoms with Crippen LogP contribution in [0.1, 0.15) is 37.5 Å². The smallest absolute Gasteiger partial charge is 0.267 e. The predicted octanol–water partition coefficient (Wildman–Crippen LogP) is 2.81. The lowest BCUT2D eigenvalue weighted by atomic mass is 10.1. The van der Waals surface area contributed by atoms with Crippen LogP contribution in [-0.2, 0) is 6.54 Å². The molecule has 0 saturated carbocycles. The molecule has 1 heterocycles. The number of nitrogens with two attached hydrogens (primary N) is 1. The number of aromatic nitrogens is 1. The predicted molar refractivity (Wildman–Crippen MR) is 93.9 cm³/mol. The highest BCUT2D eigenvalue weighted by atomic mass is 16.2. The molecule has 5 nitrogen and oxygen atoms in total. The summed E-state index contributed by atoms with van der Waals surface area (Å²) >= 11 is 0. The fourth-order valence-electron chi connectivity index (χ4n) is 2.83. The average Bonchev–Trinajstić information content (AvgIpc) is 2.97. The first-order chi connectivity index (χ1) is 11.4. The Bertz CT molecular complexity index is 941. The van der Waals surface area contributed by atoms with Gasteiger partial charge in [-0.05, 0) is 54.8 Å². The first-order valence-electron chi connectivity index (χ1n) is 7.71. The van der Waals surface area contributed by atoms with E-state index in [4.69, 9.17) is 5.73 Å². The molecule has 0 aliphatic carbocycles. The maximum absolute atomic E-state index is 12.4. The molecule has 2 aromatic carbocycles. The van der Waals surface area contributed by atoms with Gasteiger partial charge in [-0.2, -0.15) is 0 Å². The molecule has 0 saturated heterocycles. The fraction of sp³-hybridized carbons (Fsp3) is 0.158. The van der Waals surface area contributed by atoms with Gasteiger partial charge in [-0.1, -0.05) is 18.2 Å². The minimum atomic E-state index is -0.482. The number of aromatic amines is 1. The Morgan fingerprint density at radius 1 is 1.12 bits per heavy atom. The molecule has 3 rings (SSSR count). The molecule has 1 aromatic heterocycles. The number of hydrogen-bond acceptors (Lipinski definition) is 2. The number of aryl methyl sites for hydroxylation is 2. The third-order valence-corrected chi connectivity index (χ3v) is 4.00. The van der Waals surface area contributed by atoms with E-state index in [0.29, 0.717) is 17.8 Å². The highest BCUT2D eigenvalue weighted by Crippen LogP contribution is 2.21. The van der Waals surface area contributed by atoms with Gasteiger partial charge >= 0.3 is 0 Å². The van der Waals surface area contributed by atoms with E-state index < -0.39 is 5.91 Å². The molecule has 122 valence electrons. The Balaban J connectivity index is 1.77. The van der Waals surface area contributed by atoms with Crippen LogP contribution >= 0.6 is 0 Å². The Morgan fingerprint density at radius 2 is 1.92 bits per heavy atom. The number of H-pyrrole nitrogens is 1. The minimum Gasteiger partial charge on any atom is -0.366 e. The molecular weight excluding hydrogens is 302 g/mol. The van der Waals surface area contributed by atoms with Gasteiger partial charge in [-0.3, -0.25) is 9.59 Å². The number of nitrogens with one attached hydrogen (secondary N) is 2. The minimum absolute atomic E-state index is 0.187. The zero-order chi connectivity index (χ0) is 17.3. The van der Waals surface area contributed by atoms with Crippen molar-refractivity contribution in [1.29, 1.82) is 0 Å². The third-order valence-electron chi connectivity index (χ3n) is 4.00. The maximum atomic E-state index is 12.4. The van der Waals surface area contributed by atoms with Crippen LogP contribution in [0.5, 0.6) is 0 Å². The quantitative estimate of drug-likeness (QED) is 0.690. The van der Waals surface area contributed by atoms with E-state index in [-0.39, 0.29) is 5.91 Å². The van der Waals surface area contributed by atoms with E-state index in [0.717, 1.165) is 27.6 Å². The van der Waals surface area contributed by atoms with Gasteiger partial charge < -0.3 is 16.0 Å². The van der Waals surface area contributed by atoms with Crippen molar-refractivity contribution in [3.63, 3.8) is 0 Å². The first-order valence-corrected chi connectivity index (χ1v) is 7.71. The zero-order valence-corrected chi connectivity index (χ0v) is 13.6. The van der Waals surface area contributed by atoms with Crippen LogP contribution in [0, 0.1) is 13.8 Å². The lowest BCUT2D eigenvalue weighted by molar-refractivity contribution is 0.0946. The van der Waals surface area contributed by atoms with E-state index in [1.807, 2.05) is 32.0 Å². The molecule has 0 aliphatic rings. The summed E-state index contributed by atoms with van der Waals surface area (Å²) in [6.45, 7) is 4.38. The standard InChI is InChI=1S/C19H19N3O2/c1-11-6-12(2)15-9-17(22-16(15)7-11)19(24)21-10-13-4-3-5-14(8-13)18(20)23/h3-9,22H,10H2,1-2H3,(H2,20,23)(H,21,24). The average molecular weight is 321 g/mol. The molecule has 0 atom stereocenters. The summed E-state index contributed by atoms with van der Waals surface area (Å²) in [5, 5.41) is 3.90. The normalized spacial score (nSPS) is 10.8. The van der Waals surface area contributed by atoms with Crippen molar-refractivity contribution in [3.05, 3.63) is 70.4 Å². The summed E-state index contributed by atoms with van der Waals surface area (Å²) in [5.74, 6) is -0.669. The molecular formula is C19H19N3O2. The topological polar surface area (TPSA) is 88.0 Å². The lowest BCUT2D eigenvalue weighted by Gasteiger charge is -2.05. The molecule has 0 fully saturated rings. The van der Waals surface area contributed by atoms with E-state index in [2.05, 4.69) is 16.4 Å². The van der Waals surface area contributed by atoms with Crippen LogP contribution < -0.4 is 11.1 Å². The van der Waals surface area contributed by atoms with Crippen LogP contribution in [-0.4, -0.2) is 16.8 Å². The second-order valence-electron chi connectivity index (χ2n) is 5.97. The highest BCUT2D eigenvalue weighted by molar-refractivity contribution is 5.99. The van der Waals surface area contributed by atoms with Gasteiger partial charge in [0.2, 0.25) is 5.91 Å². The van der Waals surface area contributed by atoms with Crippen LogP contribution in [0.25, 0.3) is 10.9 Å². The van der Waals surface area contributed by atoms with Gasteiger partial charge in [0.15, 0.2) is 0 Å². The van der Waals surface area contributed by atoms with Gasteiger partial charge in [0, 0.05) is 23.0 Å². The zero-order valence-electron chi connectivity index (χ0n) is 13.6. The van der Waals surface area contributed by atoms with Crippen molar-refractivity contribution in [2.45, 2.75) is 20.4 Å². The van der Waals surface area contributed by atoms with Crippen LogP contribution in [0.2, 0.25) is 0 Å². The second kappa shape index (κ2) is 6.20. The Labute approximate surface area is 139 Å². The molecule has 0 bridgehead atoms. The number of amides is 2. The fourth-order valence-corrected chi connectivity index (χ4v) is 2.83. The molecule has 5 heteroatoms. The van der Waals surface area contributed by atoms with E-state index in [1.165, 1.54) is 0 Å². The third kappa shape index (κ3) is 3.15. The number of primary amides is 1. The first kappa shape index (κ1) is 15.8. The summed E-state index contributed by atoms with van der Waals surface area (Å²) < 4.78 is 0. The van der Waals surface area contributed by atoms with Crippen molar-refractivity contribution in [3.8, 4) is 0 Å². The maximum Gasteiger partial charge on any atom is 0.267 e.